The van der Waals surface area contributed by atoms with Crippen LogP contribution in [0.4, 0.5) is 0 Å². The summed E-state index contributed by atoms with van der Waals surface area (Å²) in [5, 5.41) is 6.06. The summed E-state index contributed by atoms with van der Waals surface area (Å²) in [5.41, 5.74) is 0. The van der Waals surface area contributed by atoms with E-state index >= 15 is 0 Å². The molecule has 0 bridgehead atoms. The van der Waals surface area contributed by atoms with Crippen molar-refractivity contribution in [3.63, 3.8) is 0 Å². The smallest absolute Gasteiger partial charge is 0.234 e. The van der Waals surface area contributed by atoms with E-state index in [2.05, 4.69) is 22.5 Å². The summed E-state index contributed by atoms with van der Waals surface area (Å²) in [6, 6.07) is 0.358. The molecule has 1 amide bonds. The zero-order chi connectivity index (χ0) is 13.2. The van der Waals surface area contributed by atoms with Gasteiger partial charge in [0, 0.05) is 26.2 Å². The lowest BCUT2D eigenvalue weighted by atomic mass is 10.1. The zero-order valence-corrected chi connectivity index (χ0v) is 11.7. The van der Waals surface area contributed by atoms with Crippen molar-refractivity contribution in [2.75, 3.05) is 46.4 Å². The van der Waals surface area contributed by atoms with Crippen LogP contribution in [-0.2, 0) is 9.53 Å². The normalized spacial score (nSPS) is 18.6. The van der Waals surface area contributed by atoms with Crippen LogP contribution in [0.2, 0.25) is 0 Å². The number of hydrogen-bond acceptors (Lipinski definition) is 4. The summed E-state index contributed by atoms with van der Waals surface area (Å²) in [6.45, 7) is 7.10. The van der Waals surface area contributed by atoms with Gasteiger partial charge in [-0.3, -0.25) is 4.79 Å². The van der Waals surface area contributed by atoms with E-state index < -0.39 is 0 Å². The van der Waals surface area contributed by atoms with Crippen molar-refractivity contribution in [3.8, 4) is 0 Å². The number of amides is 1. The molecule has 0 spiro atoms. The van der Waals surface area contributed by atoms with Gasteiger partial charge >= 0.3 is 0 Å². The highest BCUT2D eigenvalue weighted by Crippen LogP contribution is 2.08. The number of ether oxygens (including phenoxy) is 1. The average Bonchev–Trinajstić information content (AvgIpc) is 2.38. The Balaban J connectivity index is 2.04. The molecular formula is C13H27N3O2. The fourth-order valence-corrected chi connectivity index (χ4v) is 2.22. The first-order valence-corrected chi connectivity index (χ1v) is 6.93. The van der Waals surface area contributed by atoms with E-state index in [1.165, 1.54) is 32.4 Å². The van der Waals surface area contributed by atoms with Gasteiger partial charge in [0.1, 0.15) is 0 Å². The zero-order valence-electron chi connectivity index (χ0n) is 11.7. The molecule has 1 aliphatic rings. The molecule has 18 heavy (non-hydrogen) atoms. The molecule has 1 fully saturated rings. The number of nitrogens with one attached hydrogen (secondary N) is 2. The fraction of sp³-hybridized carbons (Fsp3) is 0.923. The summed E-state index contributed by atoms with van der Waals surface area (Å²) in [6.07, 6.45) is 3.98. The van der Waals surface area contributed by atoms with E-state index in [0.29, 0.717) is 25.7 Å². The van der Waals surface area contributed by atoms with Gasteiger partial charge in [0.25, 0.3) is 0 Å². The van der Waals surface area contributed by atoms with Crippen LogP contribution in [0.1, 0.15) is 26.2 Å². The molecule has 1 aliphatic heterocycles. The number of rotatable bonds is 8. The topological polar surface area (TPSA) is 53.6 Å². The van der Waals surface area contributed by atoms with E-state index in [0.717, 1.165) is 6.54 Å². The highest BCUT2D eigenvalue weighted by Gasteiger charge is 2.13. The standard InChI is InChI=1S/C13H27N3O2/c1-12(11-16-7-4-3-5-8-16)15-10-13(17)14-6-9-18-2/h12,15H,3-11H2,1-2H3,(H,14,17). The molecular weight excluding hydrogens is 230 g/mol. The molecule has 1 unspecified atom stereocenters. The minimum atomic E-state index is 0.0394. The fourth-order valence-electron chi connectivity index (χ4n) is 2.22. The highest BCUT2D eigenvalue weighted by atomic mass is 16.5. The molecule has 2 N–H and O–H groups in total. The van der Waals surface area contributed by atoms with E-state index in [9.17, 15) is 4.79 Å². The Bertz CT molecular complexity index is 230. The molecule has 0 aromatic rings. The molecule has 1 saturated heterocycles. The van der Waals surface area contributed by atoms with Crippen LogP contribution in [0.3, 0.4) is 0 Å². The third-order valence-corrected chi connectivity index (χ3v) is 3.22. The molecule has 1 atom stereocenters. The van der Waals surface area contributed by atoms with Crippen LogP contribution in [0.25, 0.3) is 0 Å². The molecule has 5 nitrogen and oxygen atoms in total. The van der Waals surface area contributed by atoms with Crippen molar-refractivity contribution in [3.05, 3.63) is 0 Å². The molecule has 5 heteroatoms. The molecule has 1 heterocycles. The van der Waals surface area contributed by atoms with E-state index in [1.807, 2.05) is 0 Å². The number of piperidine rings is 1. The SMILES string of the molecule is COCCNC(=O)CNC(C)CN1CCCCC1. The predicted octanol–water partition coefficient (Wildman–Crippen LogP) is 0.213. The first-order chi connectivity index (χ1) is 8.72. The van der Waals surface area contributed by atoms with Crippen LogP contribution < -0.4 is 10.6 Å². The Morgan fingerprint density at radius 2 is 2.06 bits per heavy atom. The lowest BCUT2D eigenvalue weighted by Crippen LogP contribution is -2.45. The van der Waals surface area contributed by atoms with Gasteiger partial charge in [-0.25, -0.2) is 0 Å². The largest absolute Gasteiger partial charge is 0.383 e. The molecule has 0 saturated carbocycles. The van der Waals surface area contributed by atoms with E-state index in [4.69, 9.17) is 4.74 Å². The number of carbonyl (C=O) groups is 1. The van der Waals surface area contributed by atoms with Gasteiger partial charge in [-0.2, -0.15) is 0 Å². The summed E-state index contributed by atoms with van der Waals surface area (Å²) < 4.78 is 4.88. The van der Waals surface area contributed by atoms with Gasteiger partial charge in [0.05, 0.1) is 13.2 Å². The van der Waals surface area contributed by atoms with E-state index in [-0.39, 0.29) is 5.91 Å². The maximum Gasteiger partial charge on any atom is 0.234 e. The Labute approximate surface area is 110 Å². The van der Waals surface area contributed by atoms with Crippen LogP contribution >= 0.6 is 0 Å². The maximum absolute atomic E-state index is 11.5. The Hall–Kier alpha value is -0.650. The molecule has 0 aliphatic carbocycles. The van der Waals surface area contributed by atoms with E-state index in [1.54, 1.807) is 7.11 Å². The Kier molecular flexibility index (Phi) is 7.96. The maximum atomic E-state index is 11.5. The summed E-state index contributed by atoms with van der Waals surface area (Å²) in [7, 11) is 1.63. The summed E-state index contributed by atoms with van der Waals surface area (Å²) in [5.74, 6) is 0.0394. The van der Waals surface area contributed by atoms with Crippen LogP contribution in [0, 0.1) is 0 Å². The van der Waals surface area contributed by atoms with Gasteiger partial charge in [0.2, 0.25) is 5.91 Å². The van der Waals surface area contributed by atoms with Crippen LogP contribution in [0.5, 0.6) is 0 Å². The van der Waals surface area contributed by atoms with Gasteiger partial charge in [-0.1, -0.05) is 6.42 Å². The van der Waals surface area contributed by atoms with Crippen molar-refractivity contribution in [1.29, 1.82) is 0 Å². The monoisotopic (exact) mass is 257 g/mol. The number of carbonyl (C=O) groups excluding carboxylic acids is 1. The average molecular weight is 257 g/mol. The first-order valence-electron chi connectivity index (χ1n) is 6.93. The lowest BCUT2D eigenvalue weighted by molar-refractivity contribution is -0.120. The van der Waals surface area contributed by atoms with Crippen molar-refractivity contribution < 1.29 is 9.53 Å². The van der Waals surface area contributed by atoms with Crippen molar-refractivity contribution >= 4 is 5.91 Å². The van der Waals surface area contributed by atoms with Gasteiger partial charge < -0.3 is 20.3 Å². The summed E-state index contributed by atoms with van der Waals surface area (Å²) >= 11 is 0. The number of hydrogen-bond donors (Lipinski definition) is 2. The Morgan fingerprint density at radius 1 is 1.33 bits per heavy atom. The van der Waals surface area contributed by atoms with Crippen LogP contribution in [0.15, 0.2) is 0 Å². The predicted molar refractivity (Wildman–Crippen MR) is 72.6 cm³/mol. The first kappa shape index (κ1) is 15.4. The second-order valence-corrected chi connectivity index (χ2v) is 4.99. The lowest BCUT2D eigenvalue weighted by Gasteiger charge is -2.29. The molecule has 0 radical (unpaired) electrons. The van der Waals surface area contributed by atoms with Crippen molar-refractivity contribution in [1.82, 2.24) is 15.5 Å². The van der Waals surface area contributed by atoms with Crippen molar-refractivity contribution in [2.45, 2.75) is 32.2 Å². The quantitative estimate of drug-likeness (QED) is 0.611. The number of methoxy groups -OCH3 is 1. The number of nitrogens with zero attached hydrogens (tertiary/aromatic N) is 1. The third kappa shape index (κ3) is 6.93. The second kappa shape index (κ2) is 9.30. The number of likely N-dealkylation sites (tertiary alicyclic amines) is 1. The molecule has 0 aromatic heterocycles. The molecule has 1 rings (SSSR count). The summed E-state index contributed by atoms with van der Waals surface area (Å²) in [4.78, 5) is 13.9. The molecule has 106 valence electrons. The van der Waals surface area contributed by atoms with Crippen LogP contribution in [-0.4, -0.2) is 63.3 Å². The minimum absolute atomic E-state index is 0.0394. The minimum Gasteiger partial charge on any atom is -0.383 e. The third-order valence-electron chi connectivity index (χ3n) is 3.22. The Morgan fingerprint density at radius 3 is 2.72 bits per heavy atom. The highest BCUT2D eigenvalue weighted by molar-refractivity contribution is 5.77. The van der Waals surface area contributed by atoms with Gasteiger partial charge in [-0.05, 0) is 32.9 Å². The van der Waals surface area contributed by atoms with Gasteiger partial charge in [-0.15, -0.1) is 0 Å². The van der Waals surface area contributed by atoms with Gasteiger partial charge in [0.15, 0.2) is 0 Å². The second-order valence-electron chi connectivity index (χ2n) is 4.99. The van der Waals surface area contributed by atoms with Crippen molar-refractivity contribution in [2.24, 2.45) is 0 Å². The molecule has 0 aromatic carbocycles.